The summed E-state index contributed by atoms with van der Waals surface area (Å²) in [7, 11) is 0. The third-order valence-electron chi connectivity index (χ3n) is 4.17. The molecule has 2 aliphatic rings. The predicted molar refractivity (Wildman–Crippen MR) is 76.1 cm³/mol. The topological polar surface area (TPSA) is 19.4 Å². The Bertz CT molecular complexity index is 566. The molecule has 114 valence electrons. The van der Waals surface area contributed by atoms with E-state index in [2.05, 4.69) is 28.6 Å². The van der Waals surface area contributed by atoms with Crippen LogP contribution in [0.3, 0.4) is 0 Å². The van der Waals surface area contributed by atoms with E-state index in [9.17, 15) is 13.2 Å². The van der Waals surface area contributed by atoms with Crippen molar-refractivity contribution in [2.24, 2.45) is 0 Å². The number of hydrogen-bond acceptors (Lipinski definition) is 3. The molecular formula is C15H18F3N3. The van der Waals surface area contributed by atoms with Crippen molar-refractivity contribution in [2.45, 2.75) is 32.1 Å². The number of pyridine rings is 1. The number of anilines is 1. The first-order chi connectivity index (χ1) is 9.86. The monoisotopic (exact) mass is 297 g/mol. The van der Waals surface area contributed by atoms with E-state index in [1.165, 1.54) is 6.07 Å². The Balaban J connectivity index is 1.89. The molecule has 0 aromatic carbocycles. The molecule has 0 N–H and O–H groups in total. The van der Waals surface area contributed by atoms with E-state index in [1.54, 1.807) is 6.08 Å². The quantitative estimate of drug-likeness (QED) is 0.794. The fourth-order valence-corrected chi connectivity index (χ4v) is 2.94. The second-order valence-electron chi connectivity index (χ2n) is 5.84. The Kier molecular flexibility index (Phi) is 3.43. The number of hydrogen-bond donors (Lipinski definition) is 0. The molecule has 0 unspecified atom stereocenters. The second kappa shape index (κ2) is 5.02. The SMILES string of the molecule is CC(C)N1CCN2c3ncc(C(F)(F)F)cc3C=C[C@@H]2C1. The van der Waals surface area contributed by atoms with Crippen LogP contribution in [0.15, 0.2) is 18.3 Å². The summed E-state index contributed by atoms with van der Waals surface area (Å²) in [6.07, 6.45) is 0.341. The van der Waals surface area contributed by atoms with Crippen LogP contribution in [0.25, 0.3) is 6.08 Å². The van der Waals surface area contributed by atoms with E-state index in [0.29, 0.717) is 17.4 Å². The molecule has 0 amide bonds. The highest BCUT2D eigenvalue weighted by molar-refractivity contribution is 5.70. The van der Waals surface area contributed by atoms with Gasteiger partial charge in [-0.3, -0.25) is 4.90 Å². The molecule has 3 heterocycles. The van der Waals surface area contributed by atoms with Crippen molar-refractivity contribution in [1.82, 2.24) is 9.88 Å². The Labute approximate surface area is 122 Å². The van der Waals surface area contributed by atoms with Crippen molar-refractivity contribution in [1.29, 1.82) is 0 Å². The van der Waals surface area contributed by atoms with Gasteiger partial charge in [0.15, 0.2) is 0 Å². The number of halogens is 3. The standard InChI is InChI=1S/C15H18F3N3/c1-10(2)20-5-6-21-13(9-20)4-3-11-7-12(15(16,17)18)8-19-14(11)21/h3-4,7-8,10,13H,5-6,9H2,1-2H3/t13-/m1/s1. The van der Waals surface area contributed by atoms with Crippen molar-refractivity contribution in [3.05, 3.63) is 29.5 Å². The average Bonchev–Trinajstić information content (AvgIpc) is 2.44. The third kappa shape index (κ3) is 2.64. The number of fused-ring (bicyclic) bond motifs is 3. The van der Waals surface area contributed by atoms with E-state index >= 15 is 0 Å². The Morgan fingerprint density at radius 2 is 2.05 bits per heavy atom. The maximum atomic E-state index is 12.7. The van der Waals surface area contributed by atoms with E-state index in [4.69, 9.17) is 0 Å². The molecule has 0 bridgehead atoms. The molecular weight excluding hydrogens is 279 g/mol. The largest absolute Gasteiger partial charge is 0.417 e. The highest BCUT2D eigenvalue weighted by atomic mass is 19.4. The van der Waals surface area contributed by atoms with Crippen LogP contribution in [0, 0.1) is 0 Å². The van der Waals surface area contributed by atoms with Crippen molar-refractivity contribution < 1.29 is 13.2 Å². The van der Waals surface area contributed by atoms with Gasteiger partial charge in [-0.2, -0.15) is 13.2 Å². The molecule has 2 aliphatic heterocycles. The highest BCUT2D eigenvalue weighted by Gasteiger charge is 2.34. The van der Waals surface area contributed by atoms with E-state index in [0.717, 1.165) is 25.8 Å². The summed E-state index contributed by atoms with van der Waals surface area (Å²) < 4.78 is 38.2. The molecule has 0 aliphatic carbocycles. The minimum atomic E-state index is -4.34. The van der Waals surface area contributed by atoms with Crippen LogP contribution in [0.1, 0.15) is 25.0 Å². The fraction of sp³-hybridized carbons (Fsp3) is 0.533. The van der Waals surface area contributed by atoms with E-state index in [1.807, 2.05) is 6.08 Å². The maximum Gasteiger partial charge on any atom is 0.417 e. The van der Waals surface area contributed by atoms with Crippen LogP contribution in [-0.2, 0) is 6.18 Å². The molecule has 6 heteroatoms. The van der Waals surface area contributed by atoms with Gasteiger partial charge in [0.2, 0.25) is 0 Å². The first-order valence-corrected chi connectivity index (χ1v) is 7.12. The van der Waals surface area contributed by atoms with Crippen molar-refractivity contribution >= 4 is 11.9 Å². The normalized spacial score (nSPS) is 22.4. The van der Waals surface area contributed by atoms with Gasteiger partial charge in [-0.15, -0.1) is 0 Å². The fourth-order valence-electron chi connectivity index (χ4n) is 2.94. The van der Waals surface area contributed by atoms with Gasteiger partial charge in [0.25, 0.3) is 0 Å². The Hall–Kier alpha value is -1.56. The number of rotatable bonds is 1. The van der Waals surface area contributed by atoms with Gasteiger partial charge in [-0.25, -0.2) is 4.98 Å². The Morgan fingerprint density at radius 3 is 2.71 bits per heavy atom. The lowest BCUT2D eigenvalue weighted by molar-refractivity contribution is -0.137. The summed E-state index contributed by atoms with van der Waals surface area (Å²) >= 11 is 0. The molecule has 0 radical (unpaired) electrons. The first-order valence-electron chi connectivity index (χ1n) is 7.12. The summed E-state index contributed by atoms with van der Waals surface area (Å²) in [4.78, 5) is 8.56. The summed E-state index contributed by atoms with van der Waals surface area (Å²) in [6.45, 7) is 6.90. The molecule has 1 fully saturated rings. The lowest BCUT2D eigenvalue weighted by Crippen LogP contribution is -2.55. The van der Waals surface area contributed by atoms with E-state index < -0.39 is 11.7 Å². The molecule has 1 aromatic heterocycles. The van der Waals surface area contributed by atoms with Gasteiger partial charge >= 0.3 is 6.18 Å². The summed E-state index contributed by atoms with van der Waals surface area (Å²) in [5.41, 5.74) is -0.135. The summed E-state index contributed by atoms with van der Waals surface area (Å²) in [6, 6.07) is 1.85. The lowest BCUT2D eigenvalue weighted by Gasteiger charge is -2.44. The van der Waals surface area contributed by atoms with E-state index in [-0.39, 0.29) is 6.04 Å². The van der Waals surface area contributed by atoms with Gasteiger partial charge in [-0.05, 0) is 19.9 Å². The number of alkyl halides is 3. The van der Waals surface area contributed by atoms with Gasteiger partial charge in [0.1, 0.15) is 5.82 Å². The molecule has 3 rings (SSSR count). The lowest BCUT2D eigenvalue weighted by atomic mass is 10.0. The summed E-state index contributed by atoms with van der Waals surface area (Å²) in [5.74, 6) is 0.666. The average molecular weight is 297 g/mol. The zero-order valence-electron chi connectivity index (χ0n) is 12.1. The van der Waals surface area contributed by atoms with Crippen LogP contribution in [0.5, 0.6) is 0 Å². The minimum absolute atomic E-state index is 0.192. The van der Waals surface area contributed by atoms with Crippen molar-refractivity contribution in [2.75, 3.05) is 24.5 Å². The van der Waals surface area contributed by atoms with Crippen LogP contribution < -0.4 is 4.90 Å². The van der Waals surface area contributed by atoms with Gasteiger partial charge in [-0.1, -0.05) is 12.2 Å². The maximum absolute atomic E-state index is 12.7. The van der Waals surface area contributed by atoms with Crippen LogP contribution in [0.4, 0.5) is 19.0 Å². The smallest absolute Gasteiger partial charge is 0.347 e. The molecule has 21 heavy (non-hydrogen) atoms. The van der Waals surface area contributed by atoms with Gasteiger partial charge in [0, 0.05) is 37.4 Å². The van der Waals surface area contributed by atoms with Crippen molar-refractivity contribution in [3.63, 3.8) is 0 Å². The number of nitrogens with zero attached hydrogens (tertiary/aromatic N) is 3. The van der Waals surface area contributed by atoms with Gasteiger partial charge in [0.05, 0.1) is 11.6 Å². The number of aromatic nitrogens is 1. The highest BCUT2D eigenvalue weighted by Crippen LogP contribution is 2.35. The molecule has 1 atom stereocenters. The molecule has 3 nitrogen and oxygen atoms in total. The molecule has 1 saturated heterocycles. The van der Waals surface area contributed by atoms with Crippen molar-refractivity contribution in [3.8, 4) is 0 Å². The van der Waals surface area contributed by atoms with Crippen LogP contribution in [0.2, 0.25) is 0 Å². The number of piperazine rings is 1. The molecule has 1 aromatic rings. The minimum Gasteiger partial charge on any atom is -0.347 e. The summed E-state index contributed by atoms with van der Waals surface area (Å²) in [5, 5.41) is 0. The first kappa shape index (κ1) is 14.4. The third-order valence-corrected chi connectivity index (χ3v) is 4.17. The van der Waals surface area contributed by atoms with Crippen LogP contribution in [-0.4, -0.2) is 41.6 Å². The second-order valence-corrected chi connectivity index (χ2v) is 5.84. The zero-order chi connectivity index (χ0) is 15.2. The zero-order valence-corrected chi connectivity index (χ0v) is 12.1. The van der Waals surface area contributed by atoms with Crippen LogP contribution >= 0.6 is 0 Å². The predicted octanol–water partition coefficient (Wildman–Crippen LogP) is 3.03. The van der Waals surface area contributed by atoms with Gasteiger partial charge < -0.3 is 4.90 Å². The molecule has 0 spiro atoms. The Morgan fingerprint density at radius 1 is 1.29 bits per heavy atom. The molecule has 0 saturated carbocycles.